The second-order valence-electron chi connectivity index (χ2n) is 5.26. The molecule has 0 aliphatic heterocycles. The van der Waals surface area contributed by atoms with Crippen LogP contribution in [0.5, 0.6) is 0 Å². The second kappa shape index (κ2) is 5.92. The molecule has 0 spiro atoms. The van der Waals surface area contributed by atoms with E-state index in [1.807, 2.05) is 0 Å². The van der Waals surface area contributed by atoms with Crippen molar-refractivity contribution < 1.29 is 12.8 Å². The summed E-state index contributed by atoms with van der Waals surface area (Å²) in [6.45, 7) is 2.50. The fourth-order valence-electron chi connectivity index (χ4n) is 2.02. The topological polar surface area (TPSA) is 71.3 Å². The zero-order valence-electron chi connectivity index (χ0n) is 11.7. The Hall–Kier alpha value is -1.15. The van der Waals surface area contributed by atoms with Gasteiger partial charge in [0.1, 0.15) is 5.76 Å². The molecule has 2 aromatic rings. The van der Waals surface area contributed by atoms with Crippen LogP contribution in [0.2, 0.25) is 0 Å². The molecule has 1 aliphatic carbocycles. The van der Waals surface area contributed by atoms with Crippen LogP contribution < -0.4 is 10.0 Å². The van der Waals surface area contributed by atoms with Gasteiger partial charge < -0.3 is 9.73 Å². The van der Waals surface area contributed by atoms with E-state index in [2.05, 4.69) is 10.0 Å². The van der Waals surface area contributed by atoms with E-state index in [0.29, 0.717) is 16.7 Å². The molecule has 114 valence electrons. The van der Waals surface area contributed by atoms with Crippen molar-refractivity contribution in [3.63, 3.8) is 0 Å². The minimum Gasteiger partial charge on any atom is -0.468 e. The molecule has 21 heavy (non-hydrogen) atoms. The molecule has 2 aromatic heterocycles. The van der Waals surface area contributed by atoms with Crippen LogP contribution >= 0.6 is 11.3 Å². The van der Waals surface area contributed by atoms with Crippen LogP contribution in [0.15, 0.2) is 39.2 Å². The highest BCUT2D eigenvalue weighted by Gasteiger charge is 2.23. The molecule has 1 unspecified atom stereocenters. The zero-order chi connectivity index (χ0) is 14.9. The van der Waals surface area contributed by atoms with Crippen molar-refractivity contribution in [3.05, 3.63) is 40.5 Å². The first-order valence-corrected chi connectivity index (χ1v) is 9.27. The van der Waals surface area contributed by atoms with Crippen LogP contribution in [0.1, 0.15) is 36.4 Å². The minimum atomic E-state index is -3.52. The van der Waals surface area contributed by atoms with Crippen LogP contribution in [-0.4, -0.2) is 14.5 Å². The summed E-state index contributed by atoms with van der Waals surface area (Å²) in [6.07, 6.45) is 3.98. The molecular weight excluding hydrogens is 308 g/mol. The first-order chi connectivity index (χ1) is 10.0. The first kappa shape index (κ1) is 14.8. The molecule has 0 saturated heterocycles. The van der Waals surface area contributed by atoms with Gasteiger partial charge in [-0.15, -0.1) is 11.3 Å². The highest BCUT2D eigenvalue weighted by Crippen LogP contribution is 2.24. The Labute approximate surface area is 128 Å². The number of rotatable bonds is 7. The molecule has 7 heteroatoms. The van der Waals surface area contributed by atoms with Gasteiger partial charge in [-0.25, -0.2) is 13.1 Å². The highest BCUT2D eigenvalue weighted by molar-refractivity contribution is 7.89. The van der Waals surface area contributed by atoms with Gasteiger partial charge in [-0.05, 0) is 38.0 Å². The summed E-state index contributed by atoms with van der Waals surface area (Å²) in [5.41, 5.74) is 0. The molecule has 1 fully saturated rings. The number of nitrogens with one attached hydrogen (secondary N) is 2. The lowest BCUT2D eigenvalue weighted by Gasteiger charge is -2.10. The number of thiophene rings is 1. The fraction of sp³-hybridized carbons (Fsp3) is 0.429. The van der Waals surface area contributed by atoms with Crippen LogP contribution in [0.3, 0.4) is 0 Å². The molecule has 1 atom stereocenters. The van der Waals surface area contributed by atoms with Crippen molar-refractivity contribution in [2.45, 2.75) is 43.3 Å². The summed E-state index contributed by atoms with van der Waals surface area (Å²) >= 11 is 1.47. The van der Waals surface area contributed by atoms with Crippen molar-refractivity contribution in [1.29, 1.82) is 0 Å². The summed E-state index contributed by atoms with van der Waals surface area (Å²) in [5, 5.41) is 5.06. The predicted molar refractivity (Wildman–Crippen MR) is 81.6 cm³/mol. The number of furan rings is 1. The third-order valence-corrected chi connectivity index (χ3v) is 5.99. The van der Waals surface area contributed by atoms with Crippen LogP contribution in [0, 0.1) is 0 Å². The van der Waals surface area contributed by atoms with Gasteiger partial charge >= 0.3 is 0 Å². The molecule has 5 nitrogen and oxygen atoms in total. The highest BCUT2D eigenvalue weighted by atomic mass is 32.2. The van der Waals surface area contributed by atoms with E-state index >= 15 is 0 Å². The van der Waals surface area contributed by atoms with E-state index in [-0.39, 0.29) is 0 Å². The maximum absolute atomic E-state index is 12.3. The van der Waals surface area contributed by atoms with Crippen LogP contribution in [0.25, 0.3) is 0 Å². The lowest BCUT2D eigenvalue weighted by atomic mass is 10.3. The molecule has 2 N–H and O–H groups in total. The molecule has 1 aliphatic rings. The van der Waals surface area contributed by atoms with Crippen molar-refractivity contribution in [2.75, 3.05) is 0 Å². The average Bonchev–Trinajstić information content (AvgIpc) is 2.96. The van der Waals surface area contributed by atoms with Gasteiger partial charge in [-0.2, -0.15) is 0 Å². The monoisotopic (exact) mass is 326 g/mol. The molecule has 0 bridgehead atoms. The third kappa shape index (κ3) is 3.74. The largest absolute Gasteiger partial charge is 0.468 e. The Morgan fingerprint density at radius 2 is 2.29 bits per heavy atom. The summed E-state index contributed by atoms with van der Waals surface area (Å²) in [4.78, 5) is 1.35. The standard InChI is InChI=1S/C14H18N2O3S2/c1-10(14-3-2-6-19-14)16-21(17,18)13-7-12(20-9-13)8-15-11-4-5-11/h2-3,6-7,9-11,15-16H,4-5,8H2,1H3. The number of hydrogen-bond acceptors (Lipinski definition) is 5. The van der Waals surface area contributed by atoms with E-state index in [1.165, 1.54) is 30.4 Å². The Bertz CT molecular complexity index is 688. The summed E-state index contributed by atoms with van der Waals surface area (Å²) in [5.74, 6) is 0.601. The normalized spacial score (nSPS) is 17.0. The smallest absolute Gasteiger partial charge is 0.242 e. The minimum absolute atomic E-state index is 0.318. The maximum atomic E-state index is 12.3. The van der Waals surface area contributed by atoms with Gasteiger partial charge in [0, 0.05) is 22.8 Å². The average molecular weight is 326 g/mol. The van der Waals surface area contributed by atoms with Crippen LogP contribution in [-0.2, 0) is 16.6 Å². The summed E-state index contributed by atoms with van der Waals surface area (Å²) in [7, 11) is -3.52. The van der Waals surface area contributed by atoms with Crippen LogP contribution in [0.4, 0.5) is 0 Å². The third-order valence-electron chi connectivity index (χ3n) is 3.38. The van der Waals surface area contributed by atoms with E-state index in [0.717, 1.165) is 11.4 Å². The molecule has 0 radical (unpaired) electrons. The fourth-order valence-corrected chi connectivity index (χ4v) is 4.46. The second-order valence-corrected chi connectivity index (χ2v) is 7.97. The Morgan fingerprint density at radius 1 is 1.48 bits per heavy atom. The van der Waals surface area contributed by atoms with Gasteiger partial charge in [0.15, 0.2) is 0 Å². The van der Waals surface area contributed by atoms with Crippen molar-refractivity contribution >= 4 is 21.4 Å². The van der Waals surface area contributed by atoms with E-state index in [1.54, 1.807) is 30.5 Å². The van der Waals surface area contributed by atoms with Gasteiger partial charge in [-0.1, -0.05) is 0 Å². The lowest BCUT2D eigenvalue weighted by Crippen LogP contribution is -2.26. The predicted octanol–water partition coefficient (Wildman–Crippen LogP) is 2.63. The SMILES string of the molecule is CC(NS(=O)(=O)c1csc(CNC2CC2)c1)c1ccco1. The maximum Gasteiger partial charge on any atom is 0.242 e. The Morgan fingerprint density at radius 3 is 2.95 bits per heavy atom. The zero-order valence-corrected chi connectivity index (χ0v) is 13.3. The first-order valence-electron chi connectivity index (χ1n) is 6.91. The van der Waals surface area contributed by atoms with Crippen molar-refractivity contribution in [2.24, 2.45) is 0 Å². The van der Waals surface area contributed by atoms with Gasteiger partial charge in [0.25, 0.3) is 0 Å². The summed E-state index contributed by atoms with van der Waals surface area (Å²) in [6, 6.07) is 5.46. The molecule has 3 rings (SSSR count). The number of hydrogen-bond donors (Lipinski definition) is 2. The molecule has 1 saturated carbocycles. The van der Waals surface area contributed by atoms with E-state index in [4.69, 9.17) is 4.42 Å². The quantitative estimate of drug-likeness (QED) is 0.820. The van der Waals surface area contributed by atoms with Crippen molar-refractivity contribution in [3.8, 4) is 0 Å². The summed E-state index contributed by atoms with van der Waals surface area (Å²) < 4.78 is 32.5. The Kier molecular flexibility index (Phi) is 4.17. The lowest BCUT2D eigenvalue weighted by molar-refractivity contribution is 0.459. The van der Waals surface area contributed by atoms with Gasteiger partial charge in [0.2, 0.25) is 10.0 Å². The van der Waals surface area contributed by atoms with Gasteiger partial charge in [-0.3, -0.25) is 0 Å². The number of sulfonamides is 1. The van der Waals surface area contributed by atoms with E-state index < -0.39 is 16.1 Å². The molecule has 0 amide bonds. The molecule has 0 aromatic carbocycles. The molecular formula is C14H18N2O3S2. The Balaban J connectivity index is 1.66. The van der Waals surface area contributed by atoms with Gasteiger partial charge in [0.05, 0.1) is 17.2 Å². The van der Waals surface area contributed by atoms with Crippen molar-refractivity contribution in [1.82, 2.24) is 10.0 Å². The van der Waals surface area contributed by atoms with E-state index in [9.17, 15) is 8.42 Å². The molecule has 2 heterocycles.